The number of benzene rings is 1. The lowest BCUT2D eigenvalue weighted by Crippen LogP contribution is -2.10. The summed E-state index contributed by atoms with van der Waals surface area (Å²) in [6.45, 7) is 0. The molecule has 0 aliphatic carbocycles. The van der Waals surface area contributed by atoms with Crippen LogP contribution in [0.5, 0.6) is 5.75 Å². The third kappa shape index (κ3) is 2.86. The van der Waals surface area contributed by atoms with Crippen molar-refractivity contribution in [1.82, 2.24) is 15.0 Å². The summed E-state index contributed by atoms with van der Waals surface area (Å²) >= 11 is 0. The van der Waals surface area contributed by atoms with Crippen molar-refractivity contribution in [3.8, 4) is 17.0 Å². The van der Waals surface area contributed by atoms with Crippen molar-refractivity contribution in [2.24, 2.45) is 0 Å². The van der Waals surface area contributed by atoms with Gasteiger partial charge < -0.3 is 14.5 Å². The van der Waals surface area contributed by atoms with E-state index in [0.29, 0.717) is 22.7 Å². The van der Waals surface area contributed by atoms with Crippen molar-refractivity contribution in [2.75, 3.05) is 12.4 Å². The molecule has 7 nitrogen and oxygen atoms in total. The number of nitrogens with one attached hydrogen (secondary N) is 1. The Morgan fingerprint density at radius 3 is 2.65 bits per heavy atom. The first-order valence-electron chi connectivity index (χ1n) is 7.84. The van der Waals surface area contributed by atoms with Gasteiger partial charge in [-0.1, -0.05) is 0 Å². The summed E-state index contributed by atoms with van der Waals surface area (Å²) in [5.41, 5.74) is 2.60. The summed E-state index contributed by atoms with van der Waals surface area (Å²) in [5, 5.41) is 3.50. The molecule has 0 spiro atoms. The molecule has 0 radical (unpaired) electrons. The van der Waals surface area contributed by atoms with Gasteiger partial charge >= 0.3 is 0 Å². The Labute approximate surface area is 148 Å². The van der Waals surface area contributed by atoms with Crippen LogP contribution < -0.4 is 10.1 Å². The van der Waals surface area contributed by atoms with Gasteiger partial charge in [-0.25, -0.2) is 0 Å². The number of hydrogen-bond acceptors (Lipinski definition) is 6. The van der Waals surface area contributed by atoms with Crippen molar-refractivity contribution in [2.45, 2.75) is 0 Å². The van der Waals surface area contributed by atoms with Gasteiger partial charge in [0.05, 0.1) is 19.0 Å². The number of nitrogens with zero attached hydrogens (tertiary/aromatic N) is 3. The average Bonchev–Trinajstić information content (AvgIpc) is 3.14. The zero-order valence-electron chi connectivity index (χ0n) is 13.8. The molecule has 0 aliphatic heterocycles. The predicted octanol–water partition coefficient (Wildman–Crippen LogP) is 3.55. The van der Waals surface area contributed by atoms with Gasteiger partial charge in [-0.05, 0) is 30.3 Å². The quantitative estimate of drug-likeness (QED) is 0.608. The highest BCUT2D eigenvalue weighted by Crippen LogP contribution is 2.36. The number of furan rings is 1. The van der Waals surface area contributed by atoms with Crippen molar-refractivity contribution in [1.29, 1.82) is 0 Å². The number of fused-ring (bicyclic) bond motifs is 1. The molecular weight excluding hydrogens is 332 g/mol. The maximum Gasteiger partial charge on any atom is 0.291 e. The van der Waals surface area contributed by atoms with E-state index in [9.17, 15) is 4.79 Å². The molecule has 4 aromatic rings. The lowest BCUT2D eigenvalue weighted by Gasteiger charge is -2.05. The fourth-order valence-corrected chi connectivity index (χ4v) is 2.66. The molecule has 1 N–H and O–H groups in total. The van der Waals surface area contributed by atoms with Crippen LogP contribution in [0.15, 0.2) is 65.7 Å². The number of ether oxygens (including phenoxy) is 1. The van der Waals surface area contributed by atoms with Crippen LogP contribution in [0.4, 0.5) is 5.69 Å². The molecular formula is C19H14N4O3. The minimum Gasteiger partial charge on any atom is -0.493 e. The molecule has 0 bridgehead atoms. The molecule has 4 rings (SSSR count). The SMILES string of the molecule is COc1ccc(-c2cnccn2)c2cc(C(=O)Nc3ccncc3)oc12. The molecule has 0 atom stereocenters. The number of methoxy groups -OCH3 is 1. The summed E-state index contributed by atoms with van der Waals surface area (Å²) < 4.78 is 11.1. The standard InChI is InChI=1S/C19H14N4O3/c1-25-16-3-2-13(15-11-21-8-9-22-15)14-10-17(26-18(14)16)19(24)23-12-4-6-20-7-5-12/h2-11H,1H3,(H,20,23,24). The highest BCUT2D eigenvalue weighted by atomic mass is 16.5. The fourth-order valence-electron chi connectivity index (χ4n) is 2.66. The molecule has 0 unspecified atom stereocenters. The number of pyridine rings is 1. The summed E-state index contributed by atoms with van der Waals surface area (Å²) in [5.74, 6) is 0.349. The Kier molecular flexibility index (Phi) is 4.03. The fraction of sp³-hybridized carbons (Fsp3) is 0.0526. The maximum absolute atomic E-state index is 12.5. The second-order valence-corrected chi connectivity index (χ2v) is 5.45. The Bertz CT molecular complexity index is 1060. The second-order valence-electron chi connectivity index (χ2n) is 5.45. The van der Waals surface area contributed by atoms with Crippen LogP contribution in [0.3, 0.4) is 0 Å². The topological polar surface area (TPSA) is 90.1 Å². The maximum atomic E-state index is 12.5. The van der Waals surface area contributed by atoms with E-state index in [1.807, 2.05) is 6.07 Å². The van der Waals surface area contributed by atoms with Crippen LogP contribution in [0.25, 0.3) is 22.2 Å². The first-order chi connectivity index (χ1) is 12.8. The van der Waals surface area contributed by atoms with E-state index in [1.54, 1.807) is 62.4 Å². The average molecular weight is 346 g/mol. The van der Waals surface area contributed by atoms with E-state index in [-0.39, 0.29) is 11.7 Å². The molecule has 0 saturated carbocycles. The molecule has 0 fully saturated rings. The summed E-state index contributed by atoms with van der Waals surface area (Å²) in [6.07, 6.45) is 8.08. The van der Waals surface area contributed by atoms with E-state index in [4.69, 9.17) is 9.15 Å². The summed E-state index contributed by atoms with van der Waals surface area (Å²) in [7, 11) is 1.55. The Hall–Kier alpha value is -3.74. The highest BCUT2D eigenvalue weighted by Gasteiger charge is 2.19. The van der Waals surface area contributed by atoms with Gasteiger partial charge in [0.1, 0.15) is 0 Å². The zero-order valence-corrected chi connectivity index (χ0v) is 13.8. The number of hydrogen-bond donors (Lipinski definition) is 1. The van der Waals surface area contributed by atoms with Crippen molar-refractivity contribution < 1.29 is 13.9 Å². The minimum absolute atomic E-state index is 0.173. The molecule has 7 heteroatoms. The van der Waals surface area contributed by atoms with Gasteiger partial charge in [0.15, 0.2) is 17.1 Å². The molecule has 0 saturated heterocycles. The van der Waals surface area contributed by atoms with Crippen LogP contribution in [0.2, 0.25) is 0 Å². The molecule has 3 heterocycles. The van der Waals surface area contributed by atoms with Gasteiger partial charge in [-0.3, -0.25) is 19.7 Å². The molecule has 128 valence electrons. The van der Waals surface area contributed by atoms with Gasteiger partial charge in [0.25, 0.3) is 5.91 Å². The van der Waals surface area contributed by atoms with Crippen LogP contribution in [-0.4, -0.2) is 28.0 Å². The van der Waals surface area contributed by atoms with Crippen LogP contribution >= 0.6 is 0 Å². The Morgan fingerprint density at radius 2 is 1.92 bits per heavy atom. The predicted molar refractivity (Wildman–Crippen MR) is 96.0 cm³/mol. The van der Waals surface area contributed by atoms with E-state index in [0.717, 1.165) is 10.9 Å². The number of rotatable bonds is 4. The van der Waals surface area contributed by atoms with E-state index in [2.05, 4.69) is 20.3 Å². The monoisotopic (exact) mass is 346 g/mol. The van der Waals surface area contributed by atoms with Crippen molar-refractivity contribution in [3.05, 3.63) is 67.1 Å². The Balaban J connectivity index is 1.79. The lowest BCUT2D eigenvalue weighted by molar-refractivity contribution is 0.0998. The lowest BCUT2D eigenvalue weighted by atomic mass is 10.1. The van der Waals surface area contributed by atoms with Crippen molar-refractivity contribution in [3.63, 3.8) is 0 Å². The summed E-state index contributed by atoms with van der Waals surface area (Å²) in [4.78, 5) is 24.9. The smallest absolute Gasteiger partial charge is 0.291 e. The largest absolute Gasteiger partial charge is 0.493 e. The second kappa shape index (κ2) is 6.64. The highest BCUT2D eigenvalue weighted by molar-refractivity contribution is 6.07. The Morgan fingerprint density at radius 1 is 1.08 bits per heavy atom. The number of aromatic nitrogens is 3. The molecule has 0 aliphatic rings. The van der Waals surface area contributed by atoms with E-state index in [1.165, 1.54) is 0 Å². The molecule has 1 aromatic carbocycles. The third-order valence-electron chi connectivity index (χ3n) is 3.87. The zero-order chi connectivity index (χ0) is 17.9. The van der Waals surface area contributed by atoms with Crippen LogP contribution in [0, 0.1) is 0 Å². The van der Waals surface area contributed by atoms with Crippen LogP contribution in [0.1, 0.15) is 10.6 Å². The van der Waals surface area contributed by atoms with E-state index < -0.39 is 0 Å². The number of anilines is 1. The van der Waals surface area contributed by atoms with Gasteiger partial charge in [-0.15, -0.1) is 0 Å². The minimum atomic E-state index is -0.362. The van der Waals surface area contributed by atoms with Crippen molar-refractivity contribution >= 4 is 22.6 Å². The number of carbonyl (C=O) groups is 1. The first-order valence-corrected chi connectivity index (χ1v) is 7.84. The van der Waals surface area contributed by atoms with E-state index >= 15 is 0 Å². The van der Waals surface area contributed by atoms with Gasteiger partial charge in [0, 0.05) is 41.4 Å². The van der Waals surface area contributed by atoms with Gasteiger partial charge in [0.2, 0.25) is 0 Å². The molecule has 26 heavy (non-hydrogen) atoms. The normalized spacial score (nSPS) is 10.7. The van der Waals surface area contributed by atoms with Gasteiger partial charge in [-0.2, -0.15) is 0 Å². The first kappa shape index (κ1) is 15.8. The molecule has 1 amide bonds. The van der Waals surface area contributed by atoms with Crippen LogP contribution in [-0.2, 0) is 0 Å². The third-order valence-corrected chi connectivity index (χ3v) is 3.87. The molecule has 3 aromatic heterocycles. The number of amides is 1. The number of carbonyl (C=O) groups excluding carboxylic acids is 1. The summed E-state index contributed by atoms with van der Waals surface area (Å²) in [6, 6.07) is 8.72.